The molecular formula is C15H18N2O5S. The fraction of sp³-hybridized carbons (Fsp3) is 0.267. The Labute approximate surface area is 134 Å². The molecule has 0 aliphatic rings. The van der Waals surface area contributed by atoms with Crippen LogP contribution in [0.15, 0.2) is 45.9 Å². The minimum atomic E-state index is -3.90. The zero-order valence-electron chi connectivity index (χ0n) is 12.7. The summed E-state index contributed by atoms with van der Waals surface area (Å²) >= 11 is 0. The summed E-state index contributed by atoms with van der Waals surface area (Å²) in [6, 6.07) is 7.23. The number of hydrogen-bond donors (Lipinski definition) is 3. The van der Waals surface area contributed by atoms with Crippen molar-refractivity contribution in [2.24, 2.45) is 0 Å². The van der Waals surface area contributed by atoms with E-state index in [4.69, 9.17) is 9.52 Å². The minimum Gasteiger partial charge on any atom is -0.478 e. The number of sulfonamides is 1. The Hall–Kier alpha value is -2.32. The van der Waals surface area contributed by atoms with Gasteiger partial charge in [-0.3, -0.25) is 0 Å². The summed E-state index contributed by atoms with van der Waals surface area (Å²) in [5.41, 5.74) is 0.245. The second-order valence-electron chi connectivity index (χ2n) is 5.22. The average Bonchev–Trinajstić information content (AvgIpc) is 2.98. The van der Waals surface area contributed by atoms with Crippen molar-refractivity contribution in [2.45, 2.75) is 31.3 Å². The Morgan fingerprint density at radius 2 is 2.04 bits per heavy atom. The highest BCUT2D eigenvalue weighted by molar-refractivity contribution is 7.89. The van der Waals surface area contributed by atoms with Crippen molar-refractivity contribution < 1.29 is 22.7 Å². The lowest BCUT2D eigenvalue weighted by molar-refractivity contribution is 0.0696. The van der Waals surface area contributed by atoms with E-state index in [1.807, 2.05) is 13.8 Å². The van der Waals surface area contributed by atoms with Crippen LogP contribution in [0, 0.1) is 0 Å². The van der Waals surface area contributed by atoms with Gasteiger partial charge in [0.15, 0.2) is 0 Å². The first-order valence-electron chi connectivity index (χ1n) is 6.95. The zero-order chi connectivity index (χ0) is 17.0. The van der Waals surface area contributed by atoms with Gasteiger partial charge in [-0.2, -0.15) is 0 Å². The molecule has 1 heterocycles. The number of carbonyl (C=O) groups is 1. The number of aromatic carboxylic acids is 1. The van der Waals surface area contributed by atoms with Crippen molar-refractivity contribution in [3.63, 3.8) is 0 Å². The Morgan fingerprint density at radius 1 is 1.30 bits per heavy atom. The van der Waals surface area contributed by atoms with E-state index in [1.165, 1.54) is 18.4 Å². The van der Waals surface area contributed by atoms with Gasteiger partial charge in [-0.25, -0.2) is 17.9 Å². The average molecular weight is 338 g/mol. The third-order valence-corrected chi connectivity index (χ3v) is 4.42. The number of hydrogen-bond acceptors (Lipinski definition) is 5. The van der Waals surface area contributed by atoms with E-state index in [2.05, 4.69) is 10.0 Å². The molecule has 1 aromatic heterocycles. The van der Waals surface area contributed by atoms with Crippen LogP contribution in [0.4, 0.5) is 5.69 Å². The van der Waals surface area contributed by atoms with E-state index >= 15 is 0 Å². The van der Waals surface area contributed by atoms with Crippen molar-refractivity contribution in [2.75, 3.05) is 5.32 Å². The monoisotopic (exact) mass is 338 g/mol. The molecule has 0 spiro atoms. The minimum absolute atomic E-state index is 0.00954. The van der Waals surface area contributed by atoms with E-state index in [-0.39, 0.29) is 23.0 Å². The van der Waals surface area contributed by atoms with Gasteiger partial charge in [0.25, 0.3) is 0 Å². The number of rotatable bonds is 7. The molecule has 124 valence electrons. The molecule has 0 aliphatic carbocycles. The first kappa shape index (κ1) is 17.0. The Bertz CT molecular complexity index is 782. The molecule has 0 saturated carbocycles. The number of furan rings is 1. The fourth-order valence-corrected chi connectivity index (χ4v) is 3.15. The normalized spacial score (nSPS) is 11.6. The highest BCUT2D eigenvalue weighted by Crippen LogP contribution is 2.24. The smallest absolute Gasteiger partial charge is 0.335 e. The van der Waals surface area contributed by atoms with Crippen LogP contribution in [0.2, 0.25) is 0 Å². The van der Waals surface area contributed by atoms with E-state index in [1.54, 1.807) is 12.1 Å². The van der Waals surface area contributed by atoms with Gasteiger partial charge < -0.3 is 14.8 Å². The SMILES string of the molecule is CC(C)Nc1ccc(C(=O)O)cc1S(=O)(=O)NCc1ccco1. The van der Waals surface area contributed by atoms with E-state index in [0.29, 0.717) is 11.4 Å². The van der Waals surface area contributed by atoms with Gasteiger partial charge in [0.2, 0.25) is 10.0 Å². The van der Waals surface area contributed by atoms with Crippen molar-refractivity contribution in [3.8, 4) is 0 Å². The summed E-state index contributed by atoms with van der Waals surface area (Å²) in [6.45, 7) is 3.70. The number of carboxylic acids is 1. The van der Waals surface area contributed by atoms with E-state index in [9.17, 15) is 13.2 Å². The molecule has 0 aliphatic heterocycles. The number of anilines is 1. The highest BCUT2D eigenvalue weighted by atomic mass is 32.2. The second kappa shape index (κ2) is 6.84. The predicted molar refractivity (Wildman–Crippen MR) is 84.9 cm³/mol. The molecule has 23 heavy (non-hydrogen) atoms. The highest BCUT2D eigenvalue weighted by Gasteiger charge is 2.21. The Balaban J connectivity index is 2.36. The molecule has 0 radical (unpaired) electrons. The first-order chi connectivity index (χ1) is 10.8. The van der Waals surface area contributed by atoms with Crippen LogP contribution in [-0.2, 0) is 16.6 Å². The Morgan fingerprint density at radius 3 is 2.61 bits per heavy atom. The van der Waals surface area contributed by atoms with Gasteiger partial charge in [-0.15, -0.1) is 0 Å². The Kier molecular flexibility index (Phi) is 5.07. The number of carboxylic acid groups (broad SMARTS) is 1. The van der Waals surface area contributed by atoms with Crippen molar-refractivity contribution in [1.82, 2.24) is 4.72 Å². The molecule has 8 heteroatoms. The van der Waals surface area contributed by atoms with Crippen molar-refractivity contribution in [1.29, 1.82) is 0 Å². The lowest BCUT2D eigenvalue weighted by atomic mass is 10.2. The van der Waals surface area contributed by atoms with Gasteiger partial charge in [-0.05, 0) is 44.2 Å². The largest absolute Gasteiger partial charge is 0.478 e. The van der Waals surface area contributed by atoms with Crippen LogP contribution in [0.25, 0.3) is 0 Å². The molecule has 0 saturated heterocycles. The quantitative estimate of drug-likeness (QED) is 0.714. The maximum absolute atomic E-state index is 12.5. The van der Waals surface area contributed by atoms with E-state index in [0.717, 1.165) is 6.07 Å². The molecule has 0 fully saturated rings. The molecule has 7 nitrogen and oxygen atoms in total. The summed E-state index contributed by atoms with van der Waals surface area (Å²) in [7, 11) is -3.90. The zero-order valence-corrected chi connectivity index (χ0v) is 13.6. The van der Waals surface area contributed by atoms with Gasteiger partial charge in [-0.1, -0.05) is 0 Å². The summed E-state index contributed by atoms with van der Waals surface area (Å²) in [5.74, 6) is -0.732. The maximum atomic E-state index is 12.5. The van der Waals surface area contributed by atoms with E-state index < -0.39 is 16.0 Å². The molecular weight excluding hydrogens is 320 g/mol. The third-order valence-electron chi connectivity index (χ3n) is 2.98. The maximum Gasteiger partial charge on any atom is 0.335 e. The second-order valence-corrected chi connectivity index (χ2v) is 6.95. The van der Waals surface area contributed by atoms with Crippen molar-refractivity contribution >= 4 is 21.7 Å². The molecule has 0 atom stereocenters. The number of nitrogens with one attached hydrogen (secondary N) is 2. The fourth-order valence-electron chi connectivity index (χ4n) is 1.97. The molecule has 0 bridgehead atoms. The molecule has 0 amide bonds. The number of benzene rings is 1. The van der Waals surface area contributed by atoms with Gasteiger partial charge in [0.1, 0.15) is 10.7 Å². The molecule has 2 aromatic rings. The van der Waals surface area contributed by atoms with Gasteiger partial charge >= 0.3 is 5.97 Å². The first-order valence-corrected chi connectivity index (χ1v) is 8.44. The van der Waals surface area contributed by atoms with Crippen molar-refractivity contribution in [3.05, 3.63) is 47.9 Å². The van der Waals surface area contributed by atoms with Crippen LogP contribution in [0.5, 0.6) is 0 Å². The standard InChI is InChI=1S/C15H18N2O5S/c1-10(2)17-13-6-5-11(15(18)19)8-14(13)23(20,21)16-9-12-4-3-7-22-12/h3-8,10,16-17H,9H2,1-2H3,(H,18,19). The summed E-state index contributed by atoms with van der Waals surface area (Å²) in [6.07, 6.45) is 1.44. The van der Waals surface area contributed by atoms with Crippen LogP contribution in [-0.4, -0.2) is 25.5 Å². The summed E-state index contributed by atoms with van der Waals surface area (Å²) in [5, 5.41) is 12.1. The molecule has 0 unspecified atom stereocenters. The third kappa shape index (κ3) is 4.33. The van der Waals surface area contributed by atoms with Gasteiger partial charge in [0, 0.05) is 6.04 Å². The molecule has 1 aromatic carbocycles. The molecule has 3 N–H and O–H groups in total. The van der Waals surface area contributed by atoms with Crippen LogP contribution < -0.4 is 10.0 Å². The van der Waals surface area contributed by atoms with Crippen LogP contribution in [0.1, 0.15) is 30.0 Å². The van der Waals surface area contributed by atoms with Crippen LogP contribution >= 0.6 is 0 Å². The van der Waals surface area contributed by atoms with Gasteiger partial charge in [0.05, 0.1) is 24.1 Å². The lowest BCUT2D eigenvalue weighted by Gasteiger charge is -2.16. The summed E-state index contributed by atoms with van der Waals surface area (Å²) in [4.78, 5) is 11.0. The predicted octanol–water partition coefficient (Wildman–Crippen LogP) is 2.28. The summed E-state index contributed by atoms with van der Waals surface area (Å²) < 4.78 is 32.5. The topological polar surface area (TPSA) is 109 Å². The lowest BCUT2D eigenvalue weighted by Crippen LogP contribution is -2.25. The molecule has 2 rings (SSSR count). The van der Waals surface area contributed by atoms with Crippen LogP contribution in [0.3, 0.4) is 0 Å².